The Balaban J connectivity index is 1.23. The van der Waals surface area contributed by atoms with Gasteiger partial charge in [-0.25, -0.2) is 14.4 Å². The Hall–Kier alpha value is -7.24. The van der Waals surface area contributed by atoms with Gasteiger partial charge in [-0.15, -0.1) is 0 Å². The van der Waals surface area contributed by atoms with Crippen LogP contribution in [0.25, 0.3) is 0 Å². The minimum Gasteiger partial charge on any atom is -0.462 e. The van der Waals surface area contributed by atoms with Gasteiger partial charge in [-0.2, -0.15) is 0 Å². The maximum atomic E-state index is 16.0. The zero-order chi connectivity index (χ0) is 79.1. The summed E-state index contributed by atoms with van der Waals surface area (Å²) in [6, 6.07) is 14.1. The molecular formula is C85H127NO22. The van der Waals surface area contributed by atoms with Crippen molar-refractivity contribution < 1.29 is 106 Å². The zero-order valence-corrected chi connectivity index (χ0v) is 66.5. The van der Waals surface area contributed by atoms with Crippen LogP contribution in [0.5, 0.6) is 0 Å². The van der Waals surface area contributed by atoms with Crippen LogP contribution in [-0.2, 0) is 85.7 Å². The maximum absolute atomic E-state index is 16.0. The number of carbonyl (C=O) groups is 10. The first-order chi connectivity index (χ1) is 51.4. The molecule has 4 aliphatic rings. The second kappa shape index (κ2) is 44.0. The lowest BCUT2D eigenvalue weighted by molar-refractivity contribution is -0.346. The van der Waals surface area contributed by atoms with Gasteiger partial charge in [0.2, 0.25) is 6.10 Å². The molecule has 23 heteroatoms. The first-order valence-electron chi connectivity index (χ1n) is 40.3. The molecule has 0 unspecified atom stereocenters. The smallest absolute Gasteiger partial charge is 0.408 e. The minimum absolute atomic E-state index is 0.00747. The predicted octanol–water partition coefficient (Wildman–Crippen LogP) is 15.5. The molecule has 1 amide bonds. The average Bonchev–Trinajstić information content (AvgIpc) is 0.669. The highest BCUT2D eigenvalue weighted by atomic mass is 16.6. The number of hydrogen-bond acceptors (Lipinski definition) is 22. The third kappa shape index (κ3) is 25.9. The normalized spacial score (nSPS) is 23.3. The summed E-state index contributed by atoms with van der Waals surface area (Å²) in [5.41, 5.74) is -9.32. The van der Waals surface area contributed by atoms with Crippen molar-refractivity contribution in [1.29, 1.82) is 0 Å². The number of alkyl carbamates (subject to hydrolysis) is 1. The Morgan fingerprint density at radius 1 is 0.593 bits per heavy atom. The number of fused-ring (bicyclic) bond motifs is 5. The van der Waals surface area contributed by atoms with Crippen molar-refractivity contribution >= 4 is 59.6 Å². The van der Waals surface area contributed by atoms with Crippen molar-refractivity contribution in [3.63, 3.8) is 0 Å². The van der Waals surface area contributed by atoms with Crippen molar-refractivity contribution in [2.75, 3.05) is 19.8 Å². The van der Waals surface area contributed by atoms with E-state index in [4.69, 9.17) is 47.4 Å². The number of esters is 8. The molecule has 11 atom stereocenters. The Kier molecular flexibility index (Phi) is 36.5. The lowest BCUT2D eigenvalue weighted by atomic mass is 9.44. The van der Waals surface area contributed by atoms with Gasteiger partial charge in [-0.3, -0.25) is 33.6 Å². The molecule has 3 aliphatic carbocycles. The van der Waals surface area contributed by atoms with Gasteiger partial charge in [0, 0.05) is 57.8 Å². The molecule has 1 heterocycles. The van der Waals surface area contributed by atoms with Crippen molar-refractivity contribution in [3.05, 3.63) is 82.9 Å². The number of Topliss-reactive ketones (excluding diaryl/α,β-unsaturated/α-hetero) is 1. The Morgan fingerprint density at radius 3 is 1.51 bits per heavy atom. The van der Waals surface area contributed by atoms with E-state index in [1.54, 1.807) is 69.3 Å². The molecule has 1 aliphatic heterocycles. The summed E-state index contributed by atoms with van der Waals surface area (Å²) < 4.78 is 59.9. The van der Waals surface area contributed by atoms with Gasteiger partial charge in [-0.1, -0.05) is 230 Å². The standard InChI is InChI=1S/C85H127NO22/c1-12-14-16-18-20-22-24-26-28-30-32-34-42-49-67(90)99-55-63(56-100-68(91)50-43-35-33-31-29-27-25-23-21-19-17-15-13-2)103-69(92)51-44-52-70(93)105-74(72(61-45-38-36-39-46-61)86-80(97)108-81(6,7)8)79(96)104-64-54-85(98)77(106-78(95)62-47-40-37-41-48-62)75-83(11,65(89)53-66-84(75,57-101-66)107-60(5)88)76(94)73(102-59(4)87)71(58(64)3)82(85,9)10/h36-41,45-48,63-66,72-75,77,89,98H,12-35,42-44,49-57H2,1-11H3,(H,86,97)/t64-,65-,66+,72-,73+,74+,75-,77-,83+,84-,85+/m0/s1. The molecule has 23 nitrogen and oxygen atoms in total. The second-order valence-corrected chi connectivity index (χ2v) is 31.9. The van der Waals surface area contributed by atoms with Crippen LogP contribution in [0.15, 0.2) is 71.8 Å². The van der Waals surface area contributed by atoms with Crippen molar-refractivity contribution in [2.45, 2.75) is 354 Å². The van der Waals surface area contributed by atoms with Crippen LogP contribution in [0, 0.1) is 16.7 Å². The summed E-state index contributed by atoms with van der Waals surface area (Å²) in [6.07, 6.45) is 15.0. The number of unbranched alkanes of at least 4 members (excludes halogenated alkanes) is 24. The van der Waals surface area contributed by atoms with Crippen LogP contribution in [0.4, 0.5) is 4.79 Å². The number of ketones is 1. The summed E-state index contributed by atoms with van der Waals surface area (Å²) >= 11 is 0. The first-order valence-corrected chi connectivity index (χ1v) is 40.3. The third-order valence-electron chi connectivity index (χ3n) is 22.0. The van der Waals surface area contributed by atoms with Crippen LogP contribution in [0.2, 0.25) is 0 Å². The van der Waals surface area contributed by atoms with E-state index in [1.165, 1.54) is 143 Å². The van der Waals surface area contributed by atoms with Crippen LogP contribution in [-0.4, -0.2) is 149 Å². The summed E-state index contributed by atoms with van der Waals surface area (Å²) in [5, 5.41) is 29.2. The van der Waals surface area contributed by atoms with Gasteiger partial charge in [0.05, 0.1) is 29.6 Å². The fourth-order valence-corrected chi connectivity index (χ4v) is 15.9. The summed E-state index contributed by atoms with van der Waals surface area (Å²) in [5.74, 6) is -9.63. The van der Waals surface area contributed by atoms with Gasteiger partial charge in [0.25, 0.3) is 0 Å². The number of ether oxygens (including phenoxy) is 10. The van der Waals surface area contributed by atoms with E-state index in [9.17, 15) is 48.6 Å². The lowest BCUT2D eigenvalue weighted by Crippen LogP contribution is -2.82. The number of benzene rings is 2. The molecular weight excluding hydrogens is 1390 g/mol. The average molecular weight is 1510 g/mol. The van der Waals surface area contributed by atoms with E-state index in [2.05, 4.69) is 19.2 Å². The first kappa shape index (κ1) is 89.7. The Bertz CT molecular complexity index is 3210. The van der Waals surface area contributed by atoms with E-state index >= 15 is 9.59 Å². The molecule has 1 saturated heterocycles. The molecule has 2 saturated carbocycles. The quantitative estimate of drug-likeness (QED) is 0.0240. The zero-order valence-electron chi connectivity index (χ0n) is 66.5. The summed E-state index contributed by atoms with van der Waals surface area (Å²) in [6.45, 7) is 16.2. The maximum Gasteiger partial charge on any atom is 0.408 e. The van der Waals surface area contributed by atoms with Crippen molar-refractivity contribution in [1.82, 2.24) is 5.32 Å². The molecule has 3 N–H and O–H groups in total. The van der Waals surface area contributed by atoms with E-state index in [0.29, 0.717) is 12.8 Å². The lowest BCUT2D eigenvalue weighted by Gasteiger charge is -2.67. The van der Waals surface area contributed by atoms with Gasteiger partial charge < -0.3 is 62.9 Å². The van der Waals surface area contributed by atoms with Gasteiger partial charge in [-0.05, 0) is 82.7 Å². The summed E-state index contributed by atoms with van der Waals surface area (Å²) in [7, 11) is 0. The van der Waals surface area contributed by atoms with E-state index in [0.717, 1.165) is 65.2 Å². The van der Waals surface area contributed by atoms with E-state index in [1.807, 2.05) is 0 Å². The van der Waals surface area contributed by atoms with E-state index < -0.39 is 174 Å². The molecule has 2 bridgehead atoms. The van der Waals surface area contributed by atoms with Crippen molar-refractivity contribution in [2.24, 2.45) is 16.7 Å². The highest BCUT2D eigenvalue weighted by molar-refractivity contribution is 5.96. The molecule has 0 radical (unpaired) electrons. The second-order valence-electron chi connectivity index (χ2n) is 31.9. The van der Waals surface area contributed by atoms with Crippen LogP contribution in [0.1, 0.15) is 310 Å². The number of rotatable bonds is 47. The van der Waals surface area contributed by atoms with Crippen LogP contribution < -0.4 is 5.32 Å². The van der Waals surface area contributed by atoms with Gasteiger partial charge in [0.1, 0.15) is 48.8 Å². The largest absolute Gasteiger partial charge is 0.462 e. The highest BCUT2D eigenvalue weighted by Gasteiger charge is 2.78. The van der Waals surface area contributed by atoms with Gasteiger partial charge in [0.15, 0.2) is 23.6 Å². The molecule has 6 rings (SSSR count). The Labute approximate surface area is 640 Å². The molecule has 2 aromatic carbocycles. The predicted molar refractivity (Wildman–Crippen MR) is 403 cm³/mol. The number of nitrogens with one attached hydrogen (secondary N) is 1. The number of carbonyl (C=O) groups excluding carboxylic acids is 10. The highest BCUT2D eigenvalue weighted by Crippen LogP contribution is 2.64. The number of aliphatic hydroxyl groups is 2. The molecule has 0 aromatic heterocycles. The fraction of sp³-hybridized carbons (Fsp3) is 0.718. The molecule has 108 heavy (non-hydrogen) atoms. The van der Waals surface area contributed by atoms with Crippen LogP contribution in [0.3, 0.4) is 0 Å². The molecule has 604 valence electrons. The van der Waals surface area contributed by atoms with E-state index in [-0.39, 0.29) is 54.6 Å². The molecule has 2 aromatic rings. The number of aliphatic hydroxyl groups excluding tert-OH is 1. The number of amides is 1. The third-order valence-corrected chi connectivity index (χ3v) is 22.0. The molecule has 0 spiro atoms. The Morgan fingerprint density at radius 2 is 1.06 bits per heavy atom. The summed E-state index contributed by atoms with van der Waals surface area (Å²) in [4.78, 5) is 142. The SMILES string of the molecule is CCCCCCCCCCCCCCCC(=O)OCC(COC(=O)CCCCCCCCCCCCCCC)OC(=O)CCCC(=O)O[C@@H](C(=O)O[C@H]1C[C@@]2(O)[C@@H](OC(=O)c3ccccc3)[C@@H]3[C@]4(OC(C)=O)CO[C@@H]4C[C@H](O)[C@@]3(C)C(=O)[C@H](OC(C)=O)C(=C1C)C2(C)C)[C@@H](NC(=O)OC(C)(C)C)c1ccccc1. The monoisotopic (exact) mass is 1510 g/mol. The molecule has 3 fully saturated rings. The fourth-order valence-electron chi connectivity index (χ4n) is 15.9. The number of hydrogen-bond donors (Lipinski definition) is 3. The van der Waals surface area contributed by atoms with Crippen LogP contribution >= 0.6 is 0 Å². The van der Waals surface area contributed by atoms with Crippen molar-refractivity contribution in [3.8, 4) is 0 Å². The van der Waals surface area contributed by atoms with Gasteiger partial charge >= 0.3 is 53.8 Å². The topological polar surface area (TPSA) is 315 Å². The minimum atomic E-state index is -2.55.